The summed E-state index contributed by atoms with van der Waals surface area (Å²) in [5.74, 6) is -1.58. The van der Waals surface area contributed by atoms with E-state index in [4.69, 9.17) is 16.3 Å². The monoisotopic (exact) mass is 750 g/mol. The Kier molecular flexibility index (Phi) is 9.75. The van der Waals surface area contributed by atoms with Crippen LogP contribution >= 0.6 is 11.6 Å². The summed E-state index contributed by atoms with van der Waals surface area (Å²) < 4.78 is 6.36. The van der Waals surface area contributed by atoms with Crippen LogP contribution in [0.3, 0.4) is 0 Å². The molecule has 3 aromatic rings. The lowest BCUT2D eigenvalue weighted by Gasteiger charge is -2.63. The summed E-state index contributed by atoms with van der Waals surface area (Å²) >= 11 is 6.23. The Hall–Kier alpha value is -5.25. The third-order valence-corrected chi connectivity index (χ3v) is 11.8. The summed E-state index contributed by atoms with van der Waals surface area (Å²) in [6.45, 7) is 12.3. The number of nitriles is 1. The van der Waals surface area contributed by atoms with Crippen LogP contribution in [0.25, 0.3) is 0 Å². The smallest absolute Gasteiger partial charge is 0.262 e. The fourth-order valence-electron chi connectivity index (χ4n) is 8.81. The summed E-state index contributed by atoms with van der Waals surface area (Å²) in [6, 6.07) is 19.0. The Bertz CT molecular complexity index is 2070. The summed E-state index contributed by atoms with van der Waals surface area (Å²) in [6.07, 6.45) is 0.843. The van der Waals surface area contributed by atoms with Crippen molar-refractivity contribution in [2.75, 3.05) is 37.6 Å². The molecule has 0 radical (unpaired) electrons. The first-order valence-corrected chi connectivity index (χ1v) is 18.7. The van der Waals surface area contributed by atoms with E-state index in [-0.39, 0.29) is 52.9 Å². The van der Waals surface area contributed by atoms with Crippen molar-refractivity contribution < 1.29 is 28.7 Å². The van der Waals surface area contributed by atoms with E-state index in [1.165, 1.54) is 0 Å². The average molecular weight is 751 g/mol. The summed E-state index contributed by atoms with van der Waals surface area (Å²) in [5.41, 5.74) is 2.80. The number of hydrogen-bond acceptors (Lipinski definition) is 9. The minimum Gasteiger partial charge on any atom is -0.489 e. The van der Waals surface area contributed by atoms with Crippen molar-refractivity contribution in [3.8, 4) is 11.8 Å². The van der Waals surface area contributed by atoms with Crippen molar-refractivity contribution in [1.82, 2.24) is 20.4 Å². The zero-order valence-corrected chi connectivity index (χ0v) is 31.5. The van der Waals surface area contributed by atoms with Gasteiger partial charge in [-0.05, 0) is 60.9 Å². The van der Waals surface area contributed by atoms with Gasteiger partial charge < -0.3 is 15.0 Å². The van der Waals surface area contributed by atoms with Crippen molar-refractivity contribution in [1.29, 1.82) is 5.26 Å². The van der Waals surface area contributed by atoms with Crippen LogP contribution in [0.15, 0.2) is 60.7 Å². The number of piperazine rings is 1. The molecule has 3 fully saturated rings. The first-order chi connectivity index (χ1) is 25.7. The molecule has 3 heterocycles. The second-order valence-electron chi connectivity index (χ2n) is 15.8. The first-order valence-electron chi connectivity index (χ1n) is 18.3. The highest BCUT2D eigenvalue weighted by Crippen LogP contribution is 2.55. The van der Waals surface area contributed by atoms with E-state index in [1.807, 2.05) is 30.3 Å². The topological polar surface area (TPSA) is 152 Å². The summed E-state index contributed by atoms with van der Waals surface area (Å²) in [4.78, 5) is 69.3. The van der Waals surface area contributed by atoms with Gasteiger partial charge in [-0.2, -0.15) is 5.26 Å². The Morgan fingerprint density at radius 3 is 2.26 bits per heavy atom. The number of fused-ring (bicyclic) bond motifs is 1. The number of piperidine rings is 1. The van der Waals surface area contributed by atoms with Crippen LogP contribution in [-0.4, -0.2) is 90.2 Å². The van der Waals surface area contributed by atoms with Gasteiger partial charge in [0.1, 0.15) is 24.0 Å². The Balaban J connectivity index is 0.890. The van der Waals surface area contributed by atoms with E-state index in [9.17, 15) is 29.2 Å². The number of nitrogens with one attached hydrogen (secondary N) is 2. The van der Waals surface area contributed by atoms with Gasteiger partial charge in [-0.1, -0.05) is 51.4 Å². The highest BCUT2D eigenvalue weighted by molar-refractivity contribution is 6.31. The molecule has 1 aliphatic carbocycles. The largest absolute Gasteiger partial charge is 0.489 e. The maximum atomic E-state index is 13.4. The number of rotatable bonds is 9. The first kappa shape index (κ1) is 37.1. The van der Waals surface area contributed by atoms with E-state index in [0.29, 0.717) is 21.9 Å². The highest BCUT2D eigenvalue weighted by Gasteiger charge is 2.64. The highest BCUT2D eigenvalue weighted by atomic mass is 35.5. The average Bonchev–Trinajstić information content (AvgIpc) is 3.40. The number of ether oxygens (including phenoxy) is 1. The van der Waals surface area contributed by atoms with Gasteiger partial charge in [0.15, 0.2) is 0 Å². The van der Waals surface area contributed by atoms with Crippen molar-refractivity contribution in [2.45, 2.75) is 65.1 Å². The number of carbonyl (C=O) groups is 5. The van der Waals surface area contributed by atoms with Crippen molar-refractivity contribution in [2.24, 2.45) is 10.8 Å². The van der Waals surface area contributed by atoms with E-state index in [2.05, 4.69) is 54.2 Å². The molecule has 280 valence electrons. The molecule has 13 heteroatoms. The second-order valence-corrected chi connectivity index (χ2v) is 16.2. The van der Waals surface area contributed by atoms with Gasteiger partial charge in [0.05, 0.1) is 21.7 Å². The minimum absolute atomic E-state index is 0.0811. The van der Waals surface area contributed by atoms with Crippen LogP contribution in [0, 0.1) is 22.2 Å². The number of hydrogen-bond donors (Lipinski definition) is 2. The lowest BCUT2D eigenvalue weighted by molar-refractivity contribution is -0.164. The molecule has 3 aromatic carbocycles. The number of amides is 5. The van der Waals surface area contributed by atoms with Gasteiger partial charge in [-0.3, -0.25) is 39.1 Å². The molecule has 0 spiro atoms. The maximum Gasteiger partial charge on any atom is 0.262 e. The molecule has 2 N–H and O–H groups in total. The van der Waals surface area contributed by atoms with Crippen LogP contribution in [0.5, 0.6) is 5.75 Å². The molecule has 1 atom stereocenters. The molecular weight excluding hydrogens is 708 g/mol. The second kappa shape index (κ2) is 14.2. The number of imide groups is 2. The van der Waals surface area contributed by atoms with Crippen LogP contribution in [-0.2, 0) is 16.0 Å². The van der Waals surface area contributed by atoms with Crippen molar-refractivity contribution in [3.05, 3.63) is 93.5 Å². The fraction of sp³-hybridized carbons (Fsp3) is 0.415. The van der Waals surface area contributed by atoms with Gasteiger partial charge in [-0.15, -0.1) is 0 Å². The molecule has 3 aliphatic heterocycles. The Labute approximate surface area is 319 Å². The Morgan fingerprint density at radius 2 is 1.61 bits per heavy atom. The van der Waals surface area contributed by atoms with Crippen molar-refractivity contribution >= 4 is 46.8 Å². The summed E-state index contributed by atoms with van der Waals surface area (Å²) in [7, 11) is 0. The molecular formula is C41H43ClN6O6. The molecule has 54 heavy (non-hydrogen) atoms. The SMILES string of the molecule is CC1(C)[C@H](NC(=O)c2ccc(CCN3CCN(c4ccc5c(c4)C(=O)N(C4CCC(=O)NC4=O)C5=O)CC3)cc2)C(C)(C)[C@H]1Oc1ccc(C#N)c(Cl)c1. The van der Waals surface area contributed by atoms with Gasteiger partial charge in [-0.25, -0.2) is 0 Å². The predicted octanol–water partition coefficient (Wildman–Crippen LogP) is 4.59. The maximum absolute atomic E-state index is 13.4. The van der Waals surface area contributed by atoms with Gasteiger partial charge in [0, 0.05) is 73.3 Å². The van der Waals surface area contributed by atoms with Crippen LogP contribution in [0.2, 0.25) is 5.02 Å². The van der Waals surface area contributed by atoms with E-state index in [0.717, 1.165) is 55.3 Å². The van der Waals surface area contributed by atoms with Gasteiger partial charge in [0.25, 0.3) is 17.7 Å². The molecule has 0 bridgehead atoms. The molecule has 5 amide bonds. The zero-order valence-electron chi connectivity index (χ0n) is 30.8. The van der Waals surface area contributed by atoms with Crippen molar-refractivity contribution in [3.63, 3.8) is 0 Å². The molecule has 4 aliphatic rings. The molecule has 1 unspecified atom stereocenters. The lowest BCUT2D eigenvalue weighted by Crippen LogP contribution is -2.74. The zero-order chi connectivity index (χ0) is 38.5. The molecule has 1 saturated carbocycles. The van der Waals surface area contributed by atoms with E-state index < -0.39 is 29.7 Å². The van der Waals surface area contributed by atoms with Crippen LogP contribution < -0.4 is 20.3 Å². The fourth-order valence-corrected chi connectivity index (χ4v) is 9.02. The quantitative estimate of drug-likeness (QED) is 0.299. The molecule has 12 nitrogen and oxygen atoms in total. The number of carbonyl (C=O) groups excluding carboxylic acids is 5. The number of anilines is 1. The third kappa shape index (κ3) is 6.71. The number of nitrogens with zero attached hydrogens (tertiary/aromatic N) is 4. The molecule has 0 aromatic heterocycles. The lowest BCUT2D eigenvalue weighted by atomic mass is 9.49. The van der Waals surface area contributed by atoms with Crippen LogP contribution in [0.4, 0.5) is 5.69 Å². The third-order valence-electron chi connectivity index (χ3n) is 11.5. The molecule has 2 saturated heterocycles. The van der Waals surface area contributed by atoms with Gasteiger partial charge in [0.2, 0.25) is 11.8 Å². The normalized spacial score (nSPS) is 23.3. The number of halogens is 1. The minimum atomic E-state index is -0.986. The van der Waals surface area contributed by atoms with E-state index >= 15 is 0 Å². The summed E-state index contributed by atoms with van der Waals surface area (Å²) in [5, 5.41) is 15.0. The van der Waals surface area contributed by atoms with Gasteiger partial charge >= 0.3 is 0 Å². The molecule has 7 rings (SSSR count). The van der Waals surface area contributed by atoms with Crippen LogP contribution in [0.1, 0.15) is 82.7 Å². The standard InChI is InChI=1S/C41H43ClN6O6/c1-40(2)38(41(3,4)39(40)54-28-11-9-26(23-43)31(42)22-28)45-34(50)25-7-5-24(6-8-25)15-16-46-17-19-47(20-18-46)27-10-12-29-30(21-27)37(53)48(36(29)52)32-13-14-33(49)44-35(32)51/h5-12,21-22,32,38-39H,13-20H2,1-4H3,(H,45,50)(H,44,49,51)/t32?,38-,39-. The number of benzene rings is 3. The predicted molar refractivity (Wildman–Crippen MR) is 201 cm³/mol. The Morgan fingerprint density at radius 1 is 0.926 bits per heavy atom. The van der Waals surface area contributed by atoms with E-state index in [1.54, 1.807) is 30.3 Å².